The number of hydrogen-bond donors (Lipinski definition) is 1. The normalized spacial score (nSPS) is 15.8. The highest BCUT2D eigenvalue weighted by atomic mass is 35.5. The smallest absolute Gasteiger partial charge is 0.337 e. The van der Waals surface area contributed by atoms with Gasteiger partial charge in [0.2, 0.25) is 0 Å². The molecule has 0 bridgehead atoms. The molecule has 26 heavy (non-hydrogen) atoms. The number of aryl methyl sites for hydroxylation is 1. The number of thiophene rings is 1. The third-order valence-electron chi connectivity index (χ3n) is 4.64. The number of carbonyl (C=O) groups is 1. The van der Waals surface area contributed by atoms with Gasteiger partial charge in [-0.15, -0.1) is 23.7 Å². The van der Waals surface area contributed by atoms with Crippen LogP contribution in [0.3, 0.4) is 0 Å². The summed E-state index contributed by atoms with van der Waals surface area (Å²) in [6.45, 7) is 2.30. The Hall–Kier alpha value is -2.18. The van der Waals surface area contributed by atoms with Gasteiger partial charge in [-0.25, -0.2) is 14.8 Å². The maximum atomic E-state index is 11.7. The van der Waals surface area contributed by atoms with Crippen LogP contribution in [0.1, 0.15) is 34.1 Å². The predicted octanol–water partition coefficient (Wildman–Crippen LogP) is 4.77. The van der Waals surface area contributed by atoms with Gasteiger partial charge >= 0.3 is 5.97 Å². The first-order valence-electron chi connectivity index (χ1n) is 8.36. The Morgan fingerprint density at radius 3 is 3.00 bits per heavy atom. The number of rotatable bonds is 3. The summed E-state index contributed by atoms with van der Waals surface area (Å²) in [5.74, 6) is 1.18. The number of benzene rings is 1. The van der Waals surface area contributed by atoms with Crippen LogP contribution < -0.4 is 5.32 Å². The number of nitrogens with zero attached hydrogens (tertiary/aromatic N) is 2. The molecule has 0 spiro atoms. The van der Waals surface area contributed by atoms with E-state index in [1.54, 1.807) is 29.8 Å². The fourth-order valence-electron chi connectivity index (χ4n) is 3.35. The summed E-state index contributed by atoms with van der Waals surface area (Å²) < 4.78 is 4.79. The molecule has 0 saturated heterocycles. The van der Waals surface area contributed by atoms with E-state index in [1.165, 1.54) is 24.0 Å². The minimum atomic E-state index is -0.349. The van der Waals surface area contributed by atoms with E-state index in [2.05, 4.69) is 22.2 Å². The van der Waals surface area contributed by atoms with Crippen LogP contribution in [0.5, 0.6) is 0 Å². The molecule has 136 valence electrons. The first kappa shape index (κ1) is 18.6. The molecule has 1 N–H and O–H groups in total. The van der Waals surface area contributed by atoms with Crippen molar-refractivity contribution >= 4 is 51.4 Å². The molecular formula is C19H20ClN3O2S. The highest BCUT2D eigenvalue weighted by Gasteiger charge is 2.23. The number of hydrogen-bond acceptors (Lipinski definition) is 6. The lowest BCUT2D eigenvalue weighted by molar-refractivity contribution is 0.0601. The Labute approximate surface area is 162 Å². The minimum Gasteiger partial charge on any atom is -0.465 e. The maximum absolute atomic E-state index is 11.7. The molecule has 0 amide bonds. The zero-order valence-electron chi connectivity index (χ0n) is 14.6. The molecule has 2 aromatic heterocycles. The van der Waals surface area contributed by atoms with Crippen LogP contribution in [-0.4, -0.2) is 23.0 Å². The highest BCUT2D eigenvalue weighted by molar-refractivity contribution is 7.19. The van der Waals surface area contributed by atoms with Crippen molar-refractivity contribution in [3.8, 4) is 0 Å². The van der Waals surface area contributed by atoms with Crippen LogP contribution in [0.15, 0.2) is 30.6 Å². The summed E-state index contributed by atoms with van der Waals surface area (Å²) in [5.41, 5.74) is 2.70. The summed E-state index contributed by atoms with van der Waals surface area (Å²) in [5, 5.41) is 4.48. The van der Waals surface area contributed by atoms with E-state index in [4.69, 9.17) is 4.74 Å². The Kier molecular flexibility index (Phi) is 5.44. The van der Waals surface area contributed by atoms with E-state index < -0.39 is 0 Å². The van der Waals surface area contributed by atoms with Crippen molar-refractivity contribution in [1.29, 1.82) is 0 Å². The number of anilines is 2. The second-order valence-corrected chi connectivity index (χ2v) is 7.54. The maximum Gasteiger partial charge on any atom is 0.337 e. The number of halogens is 1. The van der Waals surface area contributed by atoms with Crippen LogP contribution in [-0.2, 0) is 17.6 Å². The summed E-state index contributed by atoms with van der Waals surface area (Å²) in [6, 6.07) is 7.26. The van der Waals surface area contributed by atoms with E-state index in [-0.39, 0.29) is 18.4 Å². The topological polar surface area (TPSA) is 64.1 Å². The number of methoxy groups -OCH3 is 1. The van der Waals surface area contributed by atoms with Gasteiger partial charge in [0.1, 0.15) is 17.0 Å². The molecule has 0 aliphatic heterocycles. The van der Waals surface area contributed by atoms with Crippen molar-refractivity contribution in [2.75, 3.05) is 12.4 Å². The van der Waals surface area contributed by atoms with Gasteiger partial charge < -0.3 is 10.1 Å². The molecule has 4 rings (SSSR count). The quantitative estimate of drug-likeness (QED) is 0.654. The average molecular weight is 390 g/mol. The van der Waals surface area contributed by atoms with Crippen molar-refractivity contribution in [1.82, 2.24) is 9.97 Å². The molecule has 3 aromatic rings. The first-order valence-corrected chi connectivity index (χ1v) is 9.18. The van der Waals surface area contributed by atoms with Crippen LogP contribution in [0, 0.1) is 5.92 Å². The molecule has 5 nitrogen and oxygen atoms in total. The molecule has 0 saturated carbocycles. The van der Waals surface area contributed by atoms with Crippen LogP contribution in [0.25, 0.3) is 10.2 Å². The van der Waals surface area contributed by atoms with Crippen LogP contribution >= 0.6 is 23.7 Å². The van der Waals surface area contributed by atoms with Crippen molar-refractivity contribution < 1.29 is 9.53 Å². The van der Waals surface area contributed by atoms with Gasteiger partial charge in [-0.2, -0.15) is 0 Å². The van der Waals surface area contributed by atoms with Crippen molar-refractivity contribution in [3.63, 3.8) is 0 Å². The zero-order valence-corrected chi connectivity index (χ0v) is 16.2. The van der Waals surface area contributed by atoms with Gasteiger partial charge in [0.05, 0.1) is 18.1 Å². The Bertz CT molecular complexity index is 957. The van der Waals surface area contributed by atoms with E-state index in [0.29, 0.717) is 5.56 Å². The number of fused-ring (bicyclic) bond motifs is 3. The van der Waals surface area contributed by atoms with Gasteiger partial charge in [-0.3, -0.25) is 0 Å². The van der Waals surface area contributed by atoms with Gasteiger partial charge in [0.25, 0.3) is 0 Å². The van der Waals surface area contributed by atoms with E-state index in [1.807, 2.05) is 12.1 Å². The predicted molar refractivity (Wildman–Crippen MR) is 107 cm³/mol. The SMILES string of the molecule is COC(=O)c1cccc(Nc2ncnc3sc4c(c23)CCC(C)C4)c1.Cl. The second-order valence-electron chi connectivity index (χ2n) is 6.45. The second kappa shape index (κ2) is 7.60. The monoisotopic (exact) mass is 389 g/mol. The summed E-state index contributed by atoms with van der Waals surface area (Å²) in [4.78, 5) is 23.1. The number of esters is 1. The molecule has 1 aromatic carbocycles. The molecule has 1 atom stereocenters. The Morgan fingerprint density at radius 2 is 2.19 bits per heavy atom. The summed E-state index contributed by atoms with van der Waals surface area (Å²) in [7, 11) is 1.38. The number of carbonyl (C=O) groups excluding carboxylic acids is 1. The molecule has 1 aliphatic carbocycles. The lowest BCUT2D eigenvalue weighted by Gasteiger charge is -2.18. The lowest BCUT2D eigenvalue weighted by atomic mass is 9.89. The summed E-state index contributed by atoms with van der Waals surface area (Å²) in [6.07, 6.45) is 4.99. The van der Waals surface area contributed by atoms with Crippen molar-refractivity contribution in [3.05, 3.63) is 46.6 Å². The lowest BCUT2D eigenvalue weighted by Crippen LogP contribution is -2.09. The van der Waals surface area contributed by atoms with E-state index >= 15 is 0 Å². The zero-order chi connectivity index (χ0) is 17.4. The average Bonchev–Trinajstić information content (AvgIpc) is 2.99. The highest BCUT2D eigenvalue weighted by Crippen LogP contribution is 2.40. The fourth-order valence-corrected chi connectivity index (χ4v) is 4.70. The number of nitrogens with one attached hydrogen (secondary N) is 1. The number of ether oxygens (including phenoxy) is 1. The Balaban J connectivity index is 0.00000196. The standard InChI is InChI=1S/C19H19N3O2S.ClH/c1-11-6-7-14-15(8-11)25-18-16(14)17(20-10-21-18)22-13-5-3-4-12(9-13)19(23)24-2;/h3-5,9-11H,6-8H2,1-2H3,(H,20,21,22);1H. The largest absolute Gasteiger partial charge is 0.465 e. The van der Waals surface area contributed by atoms with Gasteiger partial charge in [-0.1, -0.05) is 13.0 Å². The van der Waals surface area contributed by atoms with Crippen molar-refractivity contribution in [2.24, 2.45) is 5.92 Å². The van der Waals surface area contributed by atoms with Crippen LogP contribution in [0.4, 0.5) is 11.5 Å². The Morgan fingerprint density at radius 1 is 1.35 bits per heavy atom. The third kappa shape index (κ3) is 3.39. The molecule has 1 aliphatic rings. The van der Waals surface area contributed by atoms with E-state index in [9.17, 15) is 4.79 Å². The van der Waals surface area contributed by atoms with Crippen LogP contribution in [0.2, 0.25) is 0 Å². The van der Waals surface area contributed by atoms with Gasteiger partial charge in [-0.05, 0) is 48.9 Å². The molecule has 2 heterocycles. The first-order chi connectivity index (χ1) is 12.2. The summed E-state index contributed by atoms with van der Waals surface area (Å²) >= 11 is 1.77. The molecule has 7 heteroatoms. The van der Waals surface area contributed by atoms with Crippen molar-refractivity contribution in [2.45, 2.75) is 26.2 Å². The third-order valence-corrected chi connectivity index (χ3v) is 5.80. The van der Waals surface area contributed by atoms with E-state index in [0.717, 1.165) is 40.5 Å². The fraction of sp³-hybridized carbons (Fsp3) is 0.316. The minimum absolute atomic E-state index is 0. The molecule has 1 unspecified atom stereocenters. The molecular weight excluding hydrogens is 370 g/mol. The van der Waals surface area contributed by atoms with Gasteiger partial charge in [0.15, 0.2) is 0 Å². The molecule has 0 radical (unpaired) electrons. The number of aromatic nitrogens is 2. The molecule has 0 fully saturated rings. The van der Waals surface area contributed by atoms with Gasteiger partial charge in [0, 0.05) is 10.6 Å².